The molecule has 10 rings (SSSR count). The minimum absolute atomic E-state index is 0.00632. The second-order valence-electron chi connectivity index (χ2n) is 22.2. The monoisotopic (exact) mass is 1140 g/mol. The molecule has 3 aliphatic rings. The van der Waals surface area contributed by atoms with Gasteiger partial charge >= 0.3 is 0 Å². The largest absolute Gasteiger partial charge is 0.368 e. The Balaban J connectivity index is 1.06. The molecule has 0 aromatic heterocycles. The fourth-order valence-corrected chi connectivity index (χ4v) is 11.2. The molecular weight excluding hydrogens is 1060 g/mol. The van der Waals surface area contributed by atoms with E-state index in [0.717, 1.165) is 38.9 Å². The van der Waals surface area contributed by atoms with Gasteiger partial charge in [0.2, 0.25) is 0 Å². The highest BCUT2D eigenvalue weighted by atomic mass is 16.8. The highest BCUT2D eigenvalue weighted by molar-refractivity contribution is 5.19. The third-order valence-electron chi connectivity index (χ3n) is 16.3. The van der Waals surface area contributed by atoms with Crippen LogP contribution in [-0.4, -0.2) is 101 Å². The van der Waals surface area contributed by atoms with Crippen molar-refractivity contribution in [3.05, 3.63) is 251 Å². The standard InChI is InChI=1S/C71H82O13/c1-50-40-80-70(62(52(3)51(50)2)73-41-53-26-12-5-13-27-53)83-61-49-82-71(68(79-47-59-38-24-11-25-39-59)66(77-45-57-34-20-9-21-35-57)64(61)75-43-55-30-16-7-17-31-55)84-60-48-81-69(72-4)67(78-46-58-36-22-10-23-37-58)65(76-44-56-32-18-8-19-33-56)63(60)74-42-54-28-14-6-15-29-54/h5-39,50-52,60-71H,40-49H2,1-4H3/t50-,51-,52+,60?,61-,62+,63-,64-,65+,66+,67+,68+,69+,70-,71-/m1/s1. The Kier molecular flexibility index (Phi) is 23.3. The molecule has 3 heterocycles. The van der Waals surface area contributed by atoms with Crippen molar-refractivity contribution in [3.8, 4) is 0 Å². The van der Waals surface area contributed by atoms with E-state index in [4.69, 9.17) is 61.6 Å². The van der Waals surface area contributed by atoms with E-state index in [2.05, 4.69) is 32.9 Å². The van der Waals surface area contributed by atoms with Gasteiger partial charge in [-0.15, -0.1) is 0 Å². The van der Waals surface area contributed by atoms with Gasteiger partial charge in [-0.2, -0.15) is 0 Å². The smallest absolute Gasteiger partial charge is 0.187 e. The van der Waals surface area contributed by atoms with E-state index < -0.39 is 73.8 Å². The Morgan fingerprint density at radius 2 is 0.536 bits per heavy atom. The molecule has 3 saturated heterocycles. The molecule has 1 unspecified atom stereocenters. The molecule has 7 aromatic rings. The first-order valence-electron chi connectivity index (χ1n) is 29.6. The van der Waals surface area contributed by atoms with Gasteiger partial charge in [-0.1, -0.05) is 233 Å². The maximum atomic E-state index is 7.55. The third kappa shape index (κ3) is 17.1. The number of hydrogen-bond acceptors (Lipinski definition) is 13. The summed E-state index contributed by atoms with van der Waals surface area (Å²) in [6.07, 6.45) is -10.2. The van der Waals surface area contributed by atoms with Crippen molar-refractivity contribution in [1.82, 2.24) is 0 Å². The summed E-state index contributed by atoms with van der Waals surface area (Å²) in [6.45, 7) is 8.85. The van der Waals surface area contributed by atoms with Gasteiger partial charge in [0.05, 0.1) is 66.1 Å². The first-order valence-corrected chi connectivity index (χ1v) is 29.6. The summed E-state index contributed by atoms with van der Waals surface area (Å²) in [5.74, 6) is 0.528. The van der Waals surface area contributed by atoms with Gasteiger partial charge in [-0.25, -0.2) is 0 Å². The lowest BCUT2D eigenvalue weighted by atomic mass is 9.83. The van der Waals surface area contributed by atoms with E-state index in [1.165, 1.54) is 0 Å². The van der Waals surface area contributed by atoms with Crippen molar-refractivity contribution in [1.29, 1.82) is 0 Å². The zero-order valence-corrected chi connectivity index (χ0v) is 48.7. The van der Waals surface area contributed by atoms with Crippen molar-refractivity contribution in [2.24, 2.45) is 17.8 Å². The lowest BCUT2D eigenvalue weighted by Gasteiger charge is -2.39. The topological polar surface area (TPSA) is 120 Å². The summed E-state index contributed by atoms with van der Waals surface area (Å²) in [7, 11) is 1.61. The minimum atomic E-state index is -1.15. The summed E-state index contributed by atoms with van der Waals surface area (Å²) in [4.78, 5) is 0. The lowest BCUT2D eigenvalue weighted by Crippen LogP contribution is -2.55. The van der Waals surface area contributed by atoms with E-state index in [9.17, 15) is 0 Å². The first-order chi connectivity index (χ1) is 41.4. The van der Waals surface area contributed by atoms with E-state index in [1.807, 2.05) is 200 Å². The maximum Gasteiger partial charge on any atom is 0.187 e. The van der Waals surface area contributed by atoms with E-state index in [-0.39, 0.29) is 70.6 Å². The summed E-state index contributed by atoms with van der Waals surface area (Å²) < 4.78 is 92.0. The van der Waals surface area contributed by atoms with Gasteiger partial charge in [-0.3, -0.25) is 0 Å². The summed E-state index contributed by atoms with van der Waals surface area (Å²) in [6, 6.07) is 70.6. The molecule has 0 bridgehead atoms. The molecule has 84 heavy (non-hydrogen) atoms. The molecule has 3 fully saturated rings. The molecular formula is C71H82O13. The van der Waals surface area contributed by atoms with Crippen LogP contribution in [0.4, 0.5) is 0 Å². The average Bonchev–Trinajstić information content (AvgIpc) is 4.09. The Bertz CT molecular complexity index is 2900. The third-order valence-corrected chi connectivity index (χ3v) is 16.3. The van der Waals surface area contributed by atoms with Crippen LogP contribution in [-0.2, 0) is 108 Å². The quantitative estimate of drug-likeness (QED) is 0.0512. The summed E-state index contributed by atoms with van der Waals surface area (Å²) >= 11 is 0. The van der Waals surface area contributed by atoms with Gasteiger partial charge in [-0.05, 0) is 56.7 Å². The molecule has 13 nitrogen and oxygen atoms in total. The second-order valence-corrected chi connectivity index (χ2v) is 22.2. The van der Waals surface area contributed by atoms with Crippen LogP contribution in [0.15, 0.2) is 212 Å². The normalized spacial score (nSPS) is 28.4. The first kappa shape index (κ1) is 61.1. The van der Waals surface area contributed by atoms with Crippen LogP contribution in [0.5, 0.6) is 0 Å². The van der Waals surface area contributed by atoms with Crippen molar-refractivity contribution in [3.63, 3.8) is 0 Å². The number of rotatable bonds is 26. The van der Waals surface area contributed by atoms with Gasteiger partial charge in [0.25, 0.3) is 0 Å². The van der Waals surface area contributed by atoms with Gasteiger partial charge < -0.3 is 61.6 Å². The molecule has 0 spiro atoms. The highest BCUT2D eigenvalue weighted by Gasteiger charge is 2.52. The predicted octanol–water partition coefficient (Wildman–Crippen LogP) is 12.5. The van der Waals surface area contributed by atoms with Crippen LogP contribution in [0.3, 0.4) is 0 Å². The van der Waals surface area contributed by atoms with E-state index >= 15 is 0 Å². The van der Waals surface area contributed by atoms with Crippen molar-refractivity contribution < 1.29 is 61.6 Å². The van der Waals surface area contributed by atoms with Crippen LogP contribution in [0.25, 0.3) is 0 Å². The fourth-order valence-electron chi connectivity index (χ4n) is 11.2. The van der Waals surface area contributed by atoms with Crippen molar-refractivity contribution in [2.75, 3.05) is 26.9 Å². The Morgan fingerprint density at radius 3 is 0.857 bits per heavy atom. The Morgan fingerprint density at radius 1 is 0.286 bits per heavy atom. The zero-order chi connectivity index (χ0) is 57.7. The van der Waals surface area contributed by atoms with Crippen molar-refractivity contribution >= 4 is 0 Å². The molecule has 0 N–H and O–H groups in total. The average molecular weight is 1140 g/mol. The molecule has 3 aliphatic heterocycles. The molecule has 0 saturated carbocycles. The highest BCUT2D eigenvalue weighted by Crippen LogP contribution is 2.38. The van der Waals surface area contributed by atoms with Crippen LogP contribution in [0, 0.1) is 17.8 Å². The number of benzene rings is 7. The fraction of sp³-hybridized carbons (Fsp3) is 0.408. The number of ether oxygens (including phenoxy) is 13. The summed E-state index contributed by atoms with van der Waals surface area (Å²) in [5.41, 5.74) is 6.82. The van der Waals surface area contributed by atoms with Gasteiger partial charge in [0, 0.05) is 7.11 Å². The van der Waals surface area contributed by atoms with Gasteiger partial charge in [0.15, 0.2) is 18.9 Å². The van der Waals surface area contributed by atoms with Crippen LogP contribution in [0.2, 0.25) is 0 Å². The second kappa shape index (κ2) is 32.0. The SMILES string of the molecule is CO[C@H]1OCC(O[C@H]2OC[C@@H](O[C@H]3OC[C@@H](C)[C@@H](C)[C@H](C)[C@@H]3OCc3ccccc3)[C@@H](OCc3ccccc3)[C@H](OCc3ccccc3)[C@@H]2OCc2ccccc2)[C@@H](OCc2ccccc2)[C@H](OCc2ccccc2)[C@@H]1OCc1ccccc1. The van der Waals surface area contributed by atoms with E-state index in [1.54, 1.807) is 7.11 Å². The molecule has 0 amide bonds. The Labute approximate surface area is 496 Å². The molecule has 7 aromatic carbocycles. The Hall–Kier alpha value is -5.98. The predicted molar refractivity (Wildman–Crippen MR) is 319 cm³/mol. The molecule has 444 valence electrons. The lowest BCUT2D eigenvalue weighted by molar-refractivity contribution is -0.277. The number of methoxy groups -OCH3 is 1. The van der Waals surface area contributed by atoms with Gasteiger partial charge in [0.1, 0.15) is 54.9 Å². The molecule has 0 radical (unpaired) electrons. The van der Waals surface area contributed by atoms with Crippen molar-refractivity contribution in [2.45, 2.75) is 141 Å². The molecule has 0 aliphatic carbocycles. The van der Waals surface area contributed by atoms with E-state index in [0.29, 0.717) is 13.2 Å². The molecule has 15 atom stereocenters. The summed E-state index contributed by atoms with van der Waals surface area (Å²) in [5, 5.41) is 0. The number of hydrogen-bond donors (Lipinski definition) is 0. The maximum absolute atomic E-state index is 7.55. The van der Waals surface area contributed by atoms with Crippen LogP contribution < -0.4 is 0 Å². The minimum Gasteiger partial charge on any atom is -0.368 e. The van der Waals surface area contributed by atoms with Crippen LogP contribution in [0.1, 0.15) is 59.7 Å². The zero-order valence-electron chi connectivity index (χ0n) is 48.7. The molecule has 13 heteroatoms. The van der Waals surface area contributed by atoms with Crippen LogP contribution >= 0.6 is 0 Å².